The molecule has 22 heavy (non-hydrogen) atoms. The molecule has 3 rings (SSSR count). The molecule has 0 aliphatic carbocycles. The summed E-state index contributed by atoms with van der Waals surface area (Å²) < 4.78 is 84.0. The quantitative estimate of drug-likeness (QED) is 0.344. The predicted octanol–water partition coefficient (Wildman–Crippen LogP) is 4.33. The van der Waals surface area contributed by atoms with Crippen molar-refractivity contribution in [3.05, 3.63) is 48.5 Å². The molecule has 0 saturated carbocycles. The monoisotopic (exact) mass is 351 g/mol. The smallest absolute Gasteiger partial charge is 0.485 e. The lowest BCUT2D eigenvalue weighted by molar-refractivity contribution is -0.0517. The lowest BCUT2D eigenvalue weighted by atomic mass is 10.2. The first kappa shape index (κ1) is 12.9. The van der Waals surface area contributed by atoms with Gasteiger partial charge in [-0.1, -0.05) is 24.3 Å². The SMILES string of the molecule is O=S(=O)([O-])C(F)(F)F.[2H]C([2H])([2H])[s+]1c2ccccc2c2ccccc21. The molecule has 1 aromatic heterocycles. The number of alkyl halides is 3. The van der Waals surface area contributed by atoms with Crippen molar-refractivity contribution in [3.63, 3.8) is 0 Å². The maximum Gasteiger partial charge on any atom is 0.485 e. The van der Waals surface area contributed by atoms with Crippen molar-refractivity contribution >= 4 is 40.8 Å². The molecule has 3 aromatic rings. The van der Waals surface area contributed by atoms with Gasteiger partial charge in [0, 0.05) is 10.8 Å². The first-order chi connectivity index (χ1) is 11.3. The van der Waals surface area contributed by atoms with Crippen LogP contribution in [0, 0.1) is 0 Å². The minimum Gasteiger partial charge on any atom is -0.741 e. The minimum absolute atomic E-state index is 0.794. The lowest BCUT2D eigenvalue weighted by Gasteiger charge is -2.08. The number of benzene rings is 2. The summed E-state index contributed by atoms with van der Waals surface area (Å²) in [4.78, 5) is 0. The number of aryl methyl sites for hydroxylation is 1. The minimum atomic E-state index is -6.09. The van der Waals surface area contributed by atoms with Crippen LogP contribution in [-0.2, 0) is 16.3 Å². The molecule has 0 amide bonds. The van der Waals surface area contributed by atoms with E-state index < -0.39 is 32.3 Å². The predicted molar refractivity (Wildman–Crippen MR) is 80.7 cm³/mol. The van der Waals surface area contributed by atoms with Gasteiger partial charge in [-0.05, 0) is 34.7 Å². The Labute approximate surface area is 131 Å². The van der Waals surface area contributed by atoms with Gasteiger partial charge < -0.3 is 4.55 Å². The third kappa shape index (κ3) is 3.23. The van der Waals surface area contributed by atoms with Crippen LogP contribution in [0.1, 0.15) is 4.11 Å². The van der Waals surface area contributed by atoms with Crippen molar-refractivity contribution < 1.29 is 30.3 Å². The Kier molecular flexibility index (Phi) is 3.43. The van der Waals surface area contributed by atoms with Crippen LogP contribution >= 0.6 is 10.5 Å². The highest BCUT2D eigenvalue weighted by atomic mass is 32.2. The second-order valence-corrected chi connectivity index (χ2v) is 7.06. The molecular weight excluding hydrogens is 337 g/mol. The summed E-state index contributed by atoms with van der Waals surface area (Å²) in [6.45, 7) is 0. The van der Waals surface area contributed by atoms with Crippen molar-refractivity contribution in [3.8, 4) is 0 Å². The van der Waals surface area contributed by atoms with E-state index in [4.69, 9.17) is 17.1 Å². The zero-order valence-corrected chi connectivity index (χ0v) is 12.4. The average Bonchev–Trinajstić information content (AvgIpc) is 2.80. The molecule has 0 unspecified atom stereocenters. The maximum absolute atomic E-state index is 10.7. The molecule has 8 heteroatoms. The van der Waals surface area contributed by atoms with Crippen molar-refractivity contribution in [2.45, 2.75) is 5.51 Å². The van der Waals surface area contributed by atoms with E-state index in [0.29, 0.717) is 0 Å². The summed E-state index contributed by atoms with van der Waals surface area (Å²) in [6, 6.07) is 15.6. The maximum atomic E-state index is 10.7. The fraction of sp³-hybridized carbons (Fsp3) is 0.143. The van der Waals surface area contributed by atoms with Crippen LogP contribution in [0.4, 0.5) is 13.2 Å². The fourth-order valence-electron chi connectivity index (χ4n) is 1.85. The van der Waals surface area contributed by atoms with Gasteiger partial charge in [-0.25, -0.2) is 8.42 Å². The molecule has 0 saturated heterocycles. The van der Waals surface area contributed by atoms with Gasteiger partial charge in [0.1, 0.15) is 6.18 Å². The zero-order chi connectivity index (χ0) is 19.0. The van der Waals surface area contributed by atoms with E-state index in [-0.39, 0.29) is 0 Å². The molecule has 118 valence electrons. The van der Waals surface area contributed by atoms with Crippen LogP contribution in [0.15, 0.2) is 48.5 Å². The van der Waals surface area contributed by atoms with Crippen LogP contribution in [0.3, 0.4) is 0 Å². The Morgan fingerprint density at radius 1 is 1.00 bits per heavy atom. The number of halogens is 3. The number of hydrogen-bond donors (Lipinski definition) is 0. The van der Waals surface area contributed by atoms with Gasteiger partial charge in [0.25, 0.3) is 0 Å². The highest BCUT2D eigenvalue weighted by molar-refractivity contribution is 7.86. The normalized spacial score (nSPS) is 14.8. The molecular formula is C14H11F3O3S2. The van der Waals surface area contributed by atoms with Gasteiger partial charge >= 0.3 is 5.51 Å². The van der Waals surface area contributed by atoms with Crippen molar-refractivity contribution in [2.24, 2.45) is 6.18 Å². The van der Waals surface area contributed by atoms with Gasteiger partial charge in [-0.2, -0.15) is 13.2 Å². The van der Waals surface area contributed by atoms with Gasteiger partial charge in [0.2, 0.25) is 0 Å². The second-order valence-electron chi connectivity index (χ2n) is 4.20. The number of rotatable bonds is 0. The van der Waals surface area contributed by atoms with Gasteiger partial charge in [-0.3, -0.25) is 0 Å². The molecule has 0 atom stereocenters. The van der Waals surface area contributed by atoms with E-state index in [1.165, 1.54) is 0 Å². The summed E-state index contributed by atoms with van der Waals surface area (Å²) in [6.07, 6.45) is -1.96. The van der Waals surface area contributed by atoms with Crippen LogP contribution in [0.25, 0.3) is 20.2 Å². The Bertz CT molecular complexity index is 955. The standard InChI is InChI=1S/C13H11S.CHF3O3S/c1-14-12-8-4-2-6-10(12)11-7-3-5-9-13(11)14;2-1(3,4)8(5,6)7/h2-9H,1H3;(H,5,6,7)/q+1;/p-1/i1D3;. The summed E-state index contributed by atoms with van der Waals surface area (Å²) >= 11 is 0. The summed E-state index contributed by atoms with van der Waals surface area (Å²) in [5, 5.41) is 2.14. The third-order valence-electron chi connectivity index (χ3n) is 2.79. The van der Waals surface area contributed by atoms with Gasteiger partial charge in [0.05, 0.1) is 4.11 Å². The van der Waals surface area contributed by atoms with Crippen molar-refractivity contribution in [1.82, 2.24) is 0 Å². The molecule has 0 bridgehead atoms. The summed E-state index contributed by atoms with van der Waals surface area (Å²) in [7, 11) is -6.88. The van der Waals surface area contributed by atoms with E-state index in [9.17, 15) is 13.2 Å². The first-order valence-corrected chi connectivity index (χ1v) is 8.42. The van der Waals surface area contributed by atoms with Gasteiger partial charge in [0.15, 0.2) is 19.5 Å². The van der Waals surface area contributed by atoms with E-state index in [1.807, 2.05) is 48.5 Å². The molecule has 1 heterocycles. The third-order valence-corrected chi connectivity index (χ3v) is 4.95. The number of hydrogen-bond acceptors (Lipinski definition) is 3. The molecule has 0 aliphatic heterocycles. The van der Waals surface area contributed by atoms with Crippen molar-refractivity contribution in [2.75, 3.05) is 0 Å². The largest absolute Gasteiger partial charge is 0.741 e. The van der Waals surface area contributed by atoms with Crippen LogP contribution in [0.2, 0.25) is 0 Å². The molecule has 3 nitrogen and oxygen atoms in total. The Hall–Kier alpha value is -1.64. The molecule has 0 radical (unpaired) electrons. The average molecular weight is 351 g/mol. The molecule has 0 aliphatic rings. The van der Waals surface area contributed by atoms with E-state index >= 15 is 0 Å². The Morgan fingerprint density at radius 3 is 1.68 bits per heavy atom. The van der Waals surface area contributed by atoms with Crippen molar-refractivity contribution in [1.29, 1.82) is 0 Å². The first-order valence-electron chi connectivity index (χ1n) is 7.29. The highest BCUT2D eigenvalue weighted by Gasteiger charge is 2.36. The van der Waals surface area contributed by atoms with Gasteiger partial charge in [-0.15, -0.1) is 0 Å². The topological polar surface area (TPSA) is 57.2 Å². The van der Waals surface area contributed by atoms with E-state index in [0.717, 1.165) is 20.2 Å². The van der Waals surface area contributed by atoms with Crippen LogP contribution in [-0.4, -0.2) is 18.5 Å². The zero-order valence-electron chi connectivity index (χ0n) is 13.8. The molecule has 2 aromatic carbocycles. The second kappa shape index (κ2) is 5.86. The Morgan fingerprint density at radius 2 is 1.36 bits per heavy atom. The molecule has 0 fully saturated rings. The molecule has 0 spiro atoms. The highest BCUT2D eigenvalue weighted by Crippen LogP contribution is 2.40. The summed E-state index contributed by atoms with van der Waals surface area (Å²) in [5.74, 6) is 0. The Balaban J connectivity index is 0.000000242. The molecule has 0 N–H and O–H groups in total. The number of fused-ring (bicyclic) bond motifs is 3. The summed E-state index contributed by atoms with van der Waals surface area (Å²) in [5.41, 5.74) is -5.65. The van der Waals surface area contributed by atoms with E-state index in [1.54, 1.807) is 0 Å². The van der Waals surface area contributed by atoms with Crippen LogP contribution in [0.5, 0.6) is 0 Å². The van der Waals surface area contributed by atoms with Crippen LogP contribution < -0.4 is 0 Å². The fourth-order valence-corrected chi connectivity index (χ4v) is 3.31. The van der Waals surface area contributed by atoms with E-state index in [2.05, 4.69) is 0 Å². The number of thiophene rings is 1. The lowest BCUT2D eigenvalue weighted by Crippen LogP contribution is -2.21.